The van der Waals surface area contributed by atoms with E-state index in [1.165, 1.54) is 0 Å². The molecule has 0 radical (unpaired) electrons. The number of benzene rings is 1. The van der Waals surface area contributed by atoms with Crippen molar-refractivity contribution in [2.24, 2.45) is 5.41 Å². The Balaban J connectivity index is 2.23. The number of rotatable bonds is 3. The maximum absolute atomic E-state index is 13.1. The highest BCUT2D eigenvalue weighted by Gasteiger charge is 2.41. The van der Waals surface area contributed by atoms with E-state index < -0.39 is 5.92 Å². The molecule has 0 spiro atoms. The van der Waals surface area contributed by atoms with Crippen molar-refractivity contribution in [3.05, 3.63) is 44.7 Å². The van der Waals surface area contributed by atoms with Crippen molar-refractivity contribution in [3.8, 4) is 17.6 Å². The average Bonchev–Trinajstić information content (AvgIpc) is 2.58. The SMILES string of the molecule is COc1cc([C@H]2C(C#N)=C(C)NC3=C2C(=O)CC(C)(C)C3)cc(Br)c1OC. The van der Waals surface area contributed by atoms with Gasteiger partial charge in [0.05, 0.1) is 36.3 Å². The molecule has 1 aromatic rings. The van der Waals surface area contributed by atoms with Crippen LogP contribution in [-0.2, 0) is 4.79 Å². The molecule has 0 unspecified atom stereocenters. The summed E-state index contributed by atoms with van der Waals surface area (Å²) in [5.74, 6) is 0.816. The Morgan fingerprint density at radius 1 is 1.26 bits per heavy atom. The monoisotopic (exact) mass is 430 g/mol. The largest absolute Gasteiger partial charge is 0.493 e. The van der Waals surface area contributed by atoms with Crippen molar-refractivity contribution < 1.29 is 14.3 Å². The van der Waals surface area contributed by atoms with Gasteiger partial charge in [0, 0.05) is 23.4 Å². The van der Waals surface area contributed by atoms with Gasteiger partial charge in [-0.2, -0.15) is 5.26 Å². The Labute approximate surface area is 168 Å². The maximum Gasteiger partial charge on any atom is 0.174 e. The summed E-state index contributed by atoms with van der Waals surface area (Å²) in [6.07, 6.45) is 1.24. The van der Waals surface area contributed by atoms with Crippen molar-refractivity contribution in [2.45, 2.75) is 39.5 Å². The summed E-state index contributed by atoms with van der Waals surface area (Å²) in [4.78, 5) is 13.1. The van der Waals surface area contributed by atoms with Crippen LogP contribution < -0.4 is 14.8 Å². The van der Waals surface area contributed by atoms with Crippen LogP contribution in [0.4, 0.5) is 0 Å². The number of ketones is 1. The molecular formula is C21H23BrN2O3. The third kappa shape index (κ3) is 3.37. The Kier molecular flexibility index (Phi) is 5.09. The number of nitriles is 1. The van der Waals surface area contributed by atoms with Crippen molar-refractivity contribution in [3.63, 3.8) is 0 Å². The molecule has 0 saturated carbocycles. The average molecular weight is 431 g/mol. The first-order valence-corrected chi connectivity index (χ1v) is 9.57. The second kappa shape index (κ2) is 7.05. The molecule has 1 aliphatic carbocycles. The molecule has 0 aromatic heterocycles. The van der Waals surface area contributed by atoms with E-state index in [-0.39, 0.29) is 11.2 Å². The smallest absolute Gasteiger partial charge is 0.174 e. The van der Waals surface area contributed by atoms with E-state index in [0.29, 0.717) is 29.1 Å². The normalized spacial score (nSPS) is 21.4. The Bertz CT molecular complexity index is 922. The zero-order valence-electron chi connectivity index (χ0n) is 16.2. The molecule has 1 atom stereocenters. The van der Waals surface area contributed by atoms with Crippen LogP contribution in [0.1, 0.15) is 45.1 Å². The van der Waals surface area contributed by atoms with Crippen LogP contribution in [0.3, 0.4) is 0 Å². The van der Waals surface area contributed by atoms with E-state index >= 15 is 0 Å². The molecule has 1 aromatic carbocycles. The zero-order valence-corrected chi connectivity index (χ0v) is 17.8. The first kappa shape index (κ1) is 19.5. The number of nitrogens with zero attached hydrogens (tertiary/aromatic N) is 1. The van der Waals surface area contributed by atoms with Gasteiger partial charge >= 0.3 is 0 Å². The summed E-state index contributed by atoms with van der Waals surface area (Å²) in [6.45, 7) is 6.08. The molecule has 0 saturated heterocycles. The second-order valence-electron chi connectivity index (χ2n) is 7.78. The van der Waals surface area contributed by atoms with Gasteiger partial charge in [-0.15, -0.1) is 0 Å². The van der Waals surface area contributed by atoms with Crippen LogP contribution in [0.25, 0.3) is 0 Å². The van der Waals surface area contributed by atoms with Gasteiger partial charge < -0.3 is 14.8 Å². The third-order valence-corrected chi connectivity index (χ3v) is 5.74. The van der Waals surface area contributed by atoms with E-state index in [9.17, 15) is 10.1 Å². The molecule has 1 aliphatic heterocycles. The number of nitrogens with one attached hydrogen (secondary N) is 1. The minimum Gasteiger partial charge on any atom is -0.493 e. The summed E-state index contributed by atoms with van der Waals surface area (Å²) in [6, 6.07) is 6.06. The molecule has 1 heterocycles. The Morgan fingerprint density at radius 2 is 1.96 bits per heavy atom. The van der Waals surface area contributed by atoms with E-state index in [4.69, 9.17) is 9.47 Å². The van der Waals surface area contributed by atoms with Crippen LogP contribution in [0.15, 0.2) is 39.1 Å². The predicted octanol–water partition coefficient (Wildman–Crippen LogP) is 4.59. The number of allylic oxidation sites excluding steroid dienone is 4. The Hall–Kier alpha value is -2.26. The predicted molar refractivity (Wildman–Crippen MR) is 106 cm³/mol. The molecule has 5 nitrogen and oxygen atoms in total. The third-order valence-electron chi connectivity index (χ3n) is 5.15. The number of carbonyl (C=O) groups is 1. The van der Waals surface area contributed by atoms with E-state index in [0.717, 1.165) is 27.9 Å². The quantitative estimate of drug-likeness (QED) is 0.758. The highest BCUT2D eigenvalue weighted by Crippen LogP contribution is 2.48. The summed E-state index contributed by atoms with van der Waals surface area (Å²) < 4.78 is 11.6. The molecule has 3 rings (SSSR count). The first-order chi connectivity index (χ1) is 12.7. The van der Waals surface area contributed by atoms with Crippen LogP contribution >= 0.6 is 15.9 Å². The summed E-state index contributed by atoms with van der Waals surface area (Å²) in [5, 5.41) is 13.1. The number of Topliss-reactive ketones (excluding diaryl/α,β-unsaturated/α-hetero) is 1. The lowest BCUT2D eigenvalue weighted by Gasteiger charge is -2.38. The summed E-state index contributed by atoms with van der Waals surface area (Å²) >= 11 is 3.52. The fourth-order valence-electron chi connectivity index (χ4n) is 4.02. The fourth-order valence-corrected chi connectivity index (χ4v) is 4.64. The molecule has 6 heteroatoms. The summed E-state index contributed by atoms with van der Waals surface area (Å²) in [5.41, 5.74) is 3.69. The van der Waals surface area contributed by atoms with Crippen LogP contribution in [0, 0.1) is 16.7 Å². The molecule has 142 valence electrons. The first-order valence-electron chi connectivity index (χ1n) is 8.78. The van der Waals surface area contributed by atoms with Gasteiger partial charge in [0.1, 0.15) is 0 Å². The van der Waals surface area contributed by atoms with Crippen LogP contribution in [0.5, 0.6) is 11.5 Å². The second-order valence-corrected chi connectivity index (χ2v) is 8.63. The van der Waals surface area contributed by atoms with Gasteiger partial charge in [0.15, 0.2) is 17.3 Å². The van der Waals surface area contributed by atoms with Gasteiger partial charge in [0.2, 0.25) is 0 Å². The van der Waals surface area contributed by atoms with Crippen molar-refractivity contribution in [1.29, 1.82) is 5.26 Å². The molecule has 0 amide bonds. The number of methoxy groups -OCH3 is 2. The van der Waals surface area contributed by atoms with Gasteiger partial charge in [-0.05, 0) is 52.4 Å². The maximum atomic E-state index is 13.1. The van der Waals surface area contributed by atoms with Crippen molar-refractivity contribution in [2.75, 3.05) is 14.2 Å². The van der Waals surface area contributed by atoms with E-state index in [2.05, 4.69) is 41.2 Å². The topological polar surface area (TPSA) is 71.3 Å². The number of hydrogen-bond donors (Lipinski definition) is 1. The minimum atomic E-state index is -0.411. The van der Waals surface area contributed by atoms with Crippen molar-refractivity contribution in [1.82, 2.24) is 5.32 Å². The number of carbonyl (C=O) groups excluding carboxylic acids is 1. The summed E-state index contributed by atoms with van der Waals surface area (Å²) in [7, 11) is 3.15. The molecule has 27 heavy (non-hydrogen) atoms. The molecular weight excluding hydrogens is 408 g/mol. The van der Waals surface area contributed by atoms with E-state index in [1.807, 2.05) is 19.1 Å². The molecule has 0 bridgehead atoms. The molecule has 0 fully saturated rings. The van der Waals surface area contributed by atoms with E-state index in [1.54, 1.807) is 14.2 Å². The Morgan fingerprint density at radius 3 is 2.56 bits per heavy atom. The van der Waals surface area contributed by atoms with Gasteiger partial charge in [0.25, 0.3) is 0 Å². The lowest BCUT2D eigenvalue weighted by Crippen LogP contribution is -2.36. The zero-order chi connectivity index (χ0) is 19.9. The fraction of sp³-hybridized carbons (Fsp3) is 0.429. The van der Waals surface area contributed by atoms with Gasteiger partial charge in [-0.3, -0.25) is 4.79 Å². The lowest BCUT2D eigenvalue weighted by molar-refractivity contribution is -0.118. The minimum absolute atomic E-state index is 0.0879. The van der Waals surface area contributed by atoms with Gasteiger partial charge in [-0.25, -0.2) is 0 Å². The number of ether oxygens (including phenoxy) is 2. The van der Waals surface area contributed by atoms with Crippen LogP contribution in [0.2, 0.25) is 0 Å². The lowest BCUT2D eigenvalue weighted by atomic mass is 9.69. The molecule has 1 N–H and O–H groups in total. The number of dihydropyridines is 1. The molecule has 2 aliphatic rings. The van der Waals surface area contributed by atoms with Gasteiger partial charge in [-0.1, -0.05) is 13.8 Å². The highest BCUT2D eigenvalue weighted by atomic mass is 79.9. The standard InChI is InChI=1S/C21H23BrN2O3/c1-11-13(10-23)18(12-6-14(22)20(27-5)17(7-12)26-4)19-15(24-11)8-21(2,3)9-16(19)25/h6-7,18,24H,8-9H2,1-5H3/t18-/m0/s1. The van der Waals surface area contributed by atoms with Crippen LogP contribution in [-0.4, -0.2) is 20.0 Å². The number of halogens is 1. The number of hydrogen-bond acceptors (Lipinski definition) is 5. The highest BCUT2D eigenvalue weighted by molar-refractivity contribution is 9.10. The van der Waals surface area contributed by atoms with Crippen molar-refractivity contribution >= 4 is 21.7 Å².